The molecule has 0 bridgehead atoms. The highest BCUT2D eigenvalue weighted by Gasteiger charge is 2.07. The lowest BCUT2D eigenvalue weighted by molar-refractivity contribution is 0.189. The number of sulfone groups is 1. The van der Waals surface area contributed by atoms with Gasteiger partial charge in [0.05, 0.1) is 11.9 Å². The molecule has 1 unspecified atom stereocenters. The second-order valence-electron chi connectivity index (χ2n) is 3.79. The molecule has 0 spiro atoms. The van der Waals surface area contributed by atoms with Crippen molar-refractivity contribution in [2.75, 3.05) is 12.0 Å². The van der Waals surface area contributed by atoms with Gasteiger partial charge in [-0.05, 0) is 25.5 Å². The number of aliphatic hydroxyl groups is 1. The van der Waals surface area contributed by atoms with E-state index < -0.39 is 15.9 Å². The van der Waals surface area contributed by atoms with Gasteiger partial charge in [0.2, 0.25) is 0 Å². The highest BCUT2D eigenvalue weighted by atomic mass is 32.2. The first kappa shape index (κ1) is 12.3. The predicted octanol–water partition coefficient (Wildman–Crippen LogP) is 0.976. The van der Waals surface area contributed by atoms with E-state index in [1.807, 2.05) is 22.9 Å². The summed E-state index contributed by atoms with van der Waals surface area (Å²) in [5.41, 5.74) is 0.823. The molecule has 86 valence electrons. The Labute approximate surface area is 90.5 Å². The molecule has 1 rings (SSSR count). The first-order chi connectivity index (χ1) is 6.90. The molecule has 0 fully saturated rings. The van der Waals surface area contributed by atoms with Crippen LogP contribution in [0.1, 0.15) is 25.1 Å². The highest BCUT2D eigenvalue weighted by Crippen LogP contribution is 2.13. The number of aromatic nitrogens is 1. The van der Waals surface area contributed by atoms with E-state index >= 15 is 0 Å². The first-order valence-corrected chi connectivity index (χ1v) is 6.97. The Morgan fingerprint density at radius 2 is 2.20 bits per heavy atom. The van der Waals surface area contributed by atoms with E-state index in [-0.39, 0.29) is 5.75 Å². The third-order valence-electron chi connectivity index (χ3n) is 2.21. The smallest absolute Gasteiger partial charge is 0.147 e. The van der Waals surface area contributed by atoms with E-state index in [1.165, 1.54) is 6.26 Å². The summed E-state index contributed by atoms with van der Waals surface area (Å²) in [6, 6.07) is 3.69. The zero-order valence-corrected chi connectivity index (χ0v) is 9.87. The van der Waals surface area contributed by atoms with Crippen LogP contribution in [0.5, 0.6) is 0 Å². The maximum absolute atomic E-state index is 10.9. The van der Waals surface area contributed by atoms with Crippen molar-refractivity contribution >= 4 is 9.84 Å². The van der Waals surface area contributed by atoms with Crippen molar-refractivity contribution in [3.8, 4) is 0 Å². The summed E-state index contributed by atoms with van der Waals surface area (Å²) in [7, 11) is -2.89. The lowest BCUT2D eigenvalue weighted by atomic mass is 10.3. The van der Waals surface area contributed by atoms with Crippen LogP contribution in [0.4, 0.5) is 0 Å². The van der Waals surface area contributed by atoms with Gasteiger partial charge in [0.15, 0.2) is 0 Å². The maximum atomic E-state index is 10.9. The van der Waals surface area contributed by atoms with Gasteiger partial charge in [-0.25, -0.2) is 8.42 Å². The zero-order chi connectivity index (χ0) is 11.5. The Kier molecular flexibility index (Phi) is 3.93. The molecule has 0 aliphatic carbocycles. The van der Waals surface area contributed by atoms with Crippen LogP contribution in [0, 0.1) is 0 Å². The molecule has 0 saturated heterocycles. The van der Waals surface area contributed by atoms with Gasteiger partial charge in [-0.2, -0.15) is 0 Å². The van der Waals surface area contributed by atoms with Gasteiger partial charge in [-0.3, -0.25) is 0 Å². The standard InChI is InChI=1S/C10H17NO3S/c1-9(12)10-5-3-6-11(10)7-4-8-15(2,13)14/h3,5-6,9,12H,4,7-8H2,1-2H3. The fourth-order valence-electron chi connectivity index (χ4n) is 1.51. The number of hydrogen-bond donors (Lipinski definition) is 1. The summed E-state index contributed by atoms with van der Waals surface area (Å²) in [5, 5.41) is 9.41. The Morgan fingerprint density at radius 3 is 2.73 bits per heavy atom. The largest absolute Gasteiger partial charge is 0.387 e. The average Bonchev–Trinajstić information content (AvgIpc) is 2.49. The van der Waals surface area contributed by atoms with Crippen LogP contribution in [0.2, 0.25) is 0 Å². The van der Waals surface area contributed by atoms with Gasteiger partial charge < -0.3 is 9.67 Å². The number of rotatable bonds is 5. The molecule has 0 amide bonds. The van der Waals surface area contributed by atoms with Crippen LogP contribution >= 0.6 is 0 Å². The van der Waals surface area contributed by atoms with Crippen LogP contribution in [-0.4, -0.2) is 30.1 Å². The summed E-state index contributed by atoms with van der Waals surface area (Å²) < 4.78 is 23.7. The van der Waals surface area contributed by atoms with Crippen molar-refractivity contribution in [3.05, 3.63) is 24.0 Å². The number of aliphatic hydroxyl groups excluding tert-OH is 1. The Morgan fingerprint density at radius 1 is 1.53 bits per heavy atom. The number of nitrogens with zero attached hydrogens (tertiary/aromatic N) is 1. The van der Waals surface area contributed by atoms with Gasteiger partial charge in [-0.1, -0.05) is 0 Å². The molecule has 0 radical (unpaired) electrons. The first-order valence-electron chi connectivity index (χ1n) is 4.91. The second kappa shape index (κ2) is 4.81. The van der Waals surface area contributed by atoms with Crippen LogP contribution in [0.25, 0.3) is 0 Å². The Balaban J connectivity index is 2.54. The highest BCUT2D eigenvalue weighted by molar-refractivity contribution is 7.90. The molecule has 0 aromatic carbocycles. The van der Waals surface area contributed by atoms with Crippen LogP contribution < -0.4 is 0 Å². The third kappa shape index (κ3) is 4.05. The zero-order valence-electron chi connectivity index (χ0n) is 9.05. The van der Waals surface area contributed by atoms with E-state index in [0.717, 1.165) is 5.69 Å². The molecule has 0 aliphatic rings. The summed E-state index contributed by atoms with van der Waals surface area (Å²) in [4.78, 5) is 0. The molecule has 15 heavy (non-hydrogen) atoms. The summed E-state index contributed by atoms with van der Waals surface area (Å²) in [6.07, 6.45) is 3.15. The molecule has 1 atom stereocenters. The van der Waals surface area contributed by atoms with E-state index in [9.17, 15) is 13.5 Å². The Bertz CT molecular complexity index is 406. The fraction of sp³-hybridized carbons (Fsp3) is 0.600. The lowest BCUT2D eigenvalue weighted by Gasteiger charge is -2.10. The van der Waals surface area contributed by atoms with Gasteiger partial charge in [0.1, 0.15) is 9.84 Å². The molecule has 1 aromatic heterocycles. The summed E-state index contributed by atoms with van der Waals surface area (Å²) >= 11 is 0. The van der Waals surface area contributed by atoms with E-state index in [2.05, 4.69) is 0 Å². The van der Waals surface area contributed by atoms with Crippen molar-refractivity contribution < 1.29 is 13.5 Å². The van der Waals surface area contributed by atoms with Gasteiger partial charge in [-0.15, -0.1) is 0 Å². The monoisotopic (exact) mass is 231 g/mol. The van der Waals surface area contributed by atoms with Crippen LogP contribution in [-0.2, 0) is 16.4 Å². The molecule has 5 heteroatoms. The molecule has 1 heterocycles. The number of aryl methyl sites for hydroxylation is 1. The quantitative estimate of drug-likeness (QED) is 0.821. The maximum Gasteiger partial charge on any atom is 0.147 e. The normalized spacial score (nSPS) is 14.1. The molecular formula is C10H17NO3S. The molecule has 0 aliphatic heterocycles. The minimum Gasteiger partial charge on any atom is -0.387 e. The Hall–Kier alpha value is -0.810. The van der Waals surface area contributed by atoms with E-state index in [0.29, 0.717) is 13.0 Å². The van der Waals surface area contributed by atoms with Crippen LogP contribution in [0.15, 0.2) is 18.3 Å². The van der Waals surface area contributed by atoms with E-state index in [4.69, 9.17) is 0 Å². The van der Waals surface area contributed by atoms with Crippen molar-refractivity contribution in [1.29, 1.82) is 0 Å². The SMILES string of the molecule is CC(O)c1cccn1CCCS(C)(=O)=O. The van der Waals surface area contributed by atoms with Crippen molar-refractivity contribution in [1.82, 2.24) is 4.57 Å². The van der Waals surface area contributed by atoms with E-state index in [1.54, 1.807) is 6.92 Å². The van der Waals surface area contributed by atoms with Gasteiger partial charge in [0, 0.05) is 24.7 Å². The van der Waals surface area contributed by atoms with Crippen LogP contribution in [0.3, 0.4) is 0 Å². The van der Waals surface area contributed by atoms with Crippen molar-refractivity contribution in [2.24, 2.45) is 0 Å². The average molecular weight is 231 g/mol. The minimum absolute atomic E-state index is 0.185. The molecular weight excluding hydrogens is 214 g/mol. The lowest BCUT2D eigenvalue weighted by Crippen LogP contribution is -2.09. The molecule has 1 N–H and O–H groups in total. The summed E-state index contributed by atoms with van der Waals surface area (Å²) in [6.45, 7) is 2.32. The van der Waals surface area contributed by atoms with Crippen molar-refractivity contribution in [3.63, 3.8) is 0 Å². The minimum atomic E-state index is -2.89. The van der Waals surface area contributed by atoms with Gasteiger partial charge >= 0.3 is 0 Å². The predicted molar refractivity (Wildman–Crippen MR) is 59.4 cm³/mol. The third-order valence-corrected chi connectivity index (χ3v) is 3.24. The molecule has 0 saturated carbocycles. The molecule has 1 aromatic rings. The topological polar surface area (TPSA) is 59.3 Å². The summed E-state index contributed by atoms with van der Waals surface area (Å²) in [5.74, 6) is 0.185. The fourth-order valence-corrected chi connectivity index (χ4v) is 2.16. The molecule has 4 nitrogen and oxygen atoms in total. The number of hydrogen-bond acceptors (Lipinski definition) is 3. The van der Waals surface area contributed by atoms with Gasteiger partial charge in [0.25, 0.3) is 0 Å². The van der Waals surface area contributed by atoms with Crippen molar-refractivity contribution in [2.45, 2.75) is 26.0 Å². The second-order valence-corrected chi connectivity index (χ2v) is 6.05.